The van der Waals surface area contributed by atoms with Crippen LogP contribution in [0.4, 0.5) is 4.79 Å². The standard InChI is InChI=1S/C30H47N5O9/c1-5-7-10-20(6-2)17-43-30(42)35-14-9-12-23(35)28(40)32-18(3)27(39)31-16-24(36)34-13-8-11-22(34)29(41)33-21-15-25(37)44-19(4)26(21)38/h6-7,10,18-19,21-23,25-26,37-38H,5,8-9,11-17H2,1-4H3,(H,31,39)(H,32,40)(H,33,41)/b10-7-,20-6+. The summed E-state index contributed by atoms with van der Waals surface area (Å²) in [5, 5.41) is 28.0. The summed E-state index contributed by atoms with van der Waals surface area (Å²) in [6, 6.07) is -3.27. The van der Waals surface area contributed by atoms with Gasteiger partial charge in [0.15, 0.2) is 6.29 Å². The Bertz CT molecular complexity index is 1110. The van der Waals surface area contributed by atoms with Crippen molar-refractivity contribution in [3.8, 4) is 0 Å². The minimum absolute atomic E-state index is 0.0190. The van der Waals surface area contributed by atoms with E-state index in [0.29, 0.717) is 38.8 Å². The van der Waals surface area contributed by atoms with E-state index in [2.05, 4.69) is 16.0 Å². The van der Waals surface area contributed by atoms with E-state index >= 15 is 0 Å². The summed E-state index contributed by atoms with van der Waals surface area (Å²) >= 11 is 0. The topological polar surface area (TPSA) is 187 Å². The molecule has 0 saturated carbocycles. The summed E-state index contributed by atoms with van der Waals surface area (Å²) in [6.45, 7) is 7.32. The molecule has 3 aliphatic heterocycles. The van der Waals surface area contributed by atoms with Crippen LogP contribution in [0.15, 0.2) is 23.8 Å². The van der Waals surface area contributed by atoms with E-state index in [0.717, 1.165) is 12.0 Å². The van der Waals surface area contributed by atoms with Crippen LogP contribution in [0.5, 0.6) is 0 Å². The predicted octanol–water partition coefficient (Wildman–Crippen LogP) is 0.0847. The van der Waals surface area contributed by atoms with Crippen molar-refractivity contribution in [3.63, 3.8) is 0 Å². The van der Waals surface area contributed by atoms with Crippen molar-refractivity contribution in [1.82, 2.24) is 25.8 Å². The lowest BCUT2D eigenvalue weighted by atomic mass is 9.99. The van der Waals surface area contributed by atoms with E-state index in [1.165, 1.54) is 16.7 Å². The Morgan fingerprint density at radius 1 is 1.05 bits per heavy atom. The fourth-order valence-corrected chi connectivity index (χ4v) is 5.60. The number of allylic oxidation sites excluding steroid dienone is 2. The van der Waals surface area contributed by atoms with Gasteiger partial charge in [0.1, 0.15) is 30.8 Å². The van der Waals surface area contributed by atoms with Crippen LogP contribution in [0, 0.1) is 0 Å². The van der Waals surface area contributed by atoms with Crippen LogP contribution in [0.3, 0.4) is 0 Å². The number of ether oxygens (including phenoxy) is 2. The van der Waals surface area contributed by atoms with Gasteiger partial charge in [-0.05, 0) is 58.4 Å². The molecule has 5 N–H and O–H groups in total. The molecular formula is C30H47N5O9. The summed E-state index contributed by atoms with van der Waals surface area (Å²) < 4.78 is 10.6. The average molecular weight is 622 g/mol. The van der Waals surface area contributed by atoms with E-state index in [-0.39, 0.29) is 19.6 Å². The molecule has 0 spiro atoms. The maximum absolute atomic E-state index is 13.0. The molecule has 14 nitrogen and oxygen atoms in total. The van der Waals surface area contributed by atoms with Crippen molar-refractivity contribution in [1.29, 1.82) is 0 Å². The summed E-state index contributed by atoms with van der Waals surface area (Å²) in [5.74, 6) is -1.99. The molecule has 0 radical (unpaired) electrons. The molecular weight excluding hydrogens is 574 g/mol. The number of aliphatic hydroxyl groups excluding tert-OH is 2. The molecule has 44 heavy (non-hydrogen) atoms. The largest absolute Gasteiger partial charge is 0.445 e. The van der Waals surface area contributed by atoms with Crippen molar-refractivity contribution in [2.24, 2.45) is 0 Å². The molecule has 3 heterocycles. The van der Waals surface area contributed by atoms with Crippen LogP contribution in [0.25, 0.3) is 0 Å². The van der Waals surface area contributed by atoms with Gasteiger partial charge in [-0.15, -0.1) is 0 Å². The van der Waals surface area contributed by atoms with Crippen molar-refractivity contribution in [3.05, 3.63) is 23.8 Å². The molecule has 246 valence electrons. The van der Waals surface area contributed by atoms with Gasteiger partial charge in [0, 0.05) is 19.5 Å². The Morgan fingerprint density at radius 2 is 1.70 bits per heavy atom. The van der Waals surface area contributed by atoms with Crippen LogP contribution in [0.2, 0.25) is 0 Å². The first-order valence-electron chi connectivity index (χ1n) is 15.4. The van der Waals surface area contributed by atoms with E-state index in [1.54, 1.807) is 6.92 Å². The van der Waals surface area contributed by atoms with E-state index in [4.69, 9.17) is 9.47 Å². The smallest absolute Gasteiger partial charge is 0.410 e. The predicted molar refractivity (Wildman–Crippen MR) is 159 cm³/mol. The Hall–Kier alpha value is -3.49. The molecule has 0 aliphatic carbocycles. The van der Waals surface area contributed by atoms with Crippen molar-refractivity contribution in [2.75, 3.05) is 26.2 Å². The van der Waals surface area contributed by atoms with Gasteiger partial charge in [0.05, 0.1) is 18.7 Å². The SMILES string of the molecule is C/C=C(\C=C/CC)COC(=O)N1CCCC1C(=O)NC(C)C(=O)NCC(=O)N1CCCC1C(=O)NC1CC(O)OC(C)C1O. The summed E-state index contributed by atoms with van der Waals surface area (Å²) in [5.41, 5.74) is 0.841. The zero-order valence-electron chi connectivity index (χ0n) is 26.0. The fraction of sp³-hybridized carbons (Fsp3) is 0.700. The number of amides is 5. The molecule has 0 aromatic carbocycles. The van der Waals surface area contributed by atoms with Crippen LogP contribution < -0.4 is 16.0 Å². The molecule has 0 aromatic heterocycles. The molecule has 7 unspecified atom stereocenters. The van der Waals surface area contributed by atoms with Crippen LogP contribution in [0.1, 0.15) is 66.2 Å². The van der Waals surface area contributed by atoms with E-state index in [1.807, 2.05) is 32.1 Å². The highest BCUT2D eigenvalue weighted by Gasteiger charge is 2.40. The first-order valence-corrected chi connectivity index (χ1v) is 15.4. The van der Waals surface area contributed by atoms with E-state index < -0.39 is 72.4 Å². The number of hydrogen-bond donors (Lipinski definition) is 5. The zero-order chi connectivity index (χ0) is 32.4. The highest BCUT2D eigenvalue weighted by Crippen LogP contribution is 2.22. The number of aliphatic hydroxyl groups is 2. The number of hydrogen-bond acceptors (Lipinski definition) is 9. The number of rotatable bonds is 11. The van der Waals surface area contributed by atoms with Gasteiger partial charge in [-0.25, -0.2) is 4.79 Å². The van der Waals surface area contributed by atoms with Gasteiger partial charge in [-0.3, -0.25) is 24.1 Å². The highest BCUT2D eigenvalue weighted by atomic mass is 16.6. The lowest BCUT2D eigenvalue weighted by Gasteiger charge is -2.37. The quantitative estimate of drug-likeness (QED) is 0.199. The molecule has 5 amide bonds. The summed E-state index contributed by atoms with van der Waals surface area (Å²) in [6.07, 6.45) is 5.22. The van der Waals surface area contributed by atoms with Crippen LogP contribution in [-0.4, -0.2) is 119 Å². The molecule has 3 rings (SSSR count). The van der Waals surface area contributed by atoms with Gasteiger partial charge >= 0.3 is 6.09 Å². The number of likely N-dealkylation sites (tertiary alicyclic amines) is 2. The first kappa shape index (κ1) is 35.0. The van der Waals surface area contributed by atoms with Crippen molar-refractivity contribution >= 4 is 29.7 Å². The lowest BCUT2D eigenvalue weighted by molar-refractivity contribution is -0.203. The third kappa shape index (κ3) is 9.26. The number of carbonyl (C=O) groups excluding carboxylic acids is 5. The monoisotopic (exact) mass is 621 g/mol. The van der Waals surface area contributed by atoms with Gasteiger partial charge < -0.3 is 40.5 Å². The maximum Gasteiger partial charge on any atom is 0.410 e. The zero-order valence-corrected chi connectivity index (χ0v) is 26.0. The van der Waals surface area contributed by atoms with Gasteiger partial charge in [-0.2, -0.15) is 0 Å². The third-order valence-corrected chi connectivity index (χ3v) is 8.18. The second-order valence-corrected chi connectivity index (χ2v) is 11.4. The van der Waals surface area contributed by atoms with Gasteiger partial charge in [0.2, 0.25) is 23.6 Å². The normalized spacial score (nSPS) is 28.1. The average Bonchev–Trinajstić information content (AvgIpc) is 3.69. The van der Waals surface area contributed by atoms with Gasteiger partial charge in [0.25, 0.3) is 0 Å². The van der Waals surface area contributed by atoms with E-state index in [9.17, 15) is 34.2 Å². The fourth-order valence-electron chi connectivity index (χ4n) is 5.60. The second kappa shape index (κ2) is 16.5. The molecule has 0 bridgehead atoms. The van der Waals surface area contributed by atoms with Crippen LogP contribution in [-0.2, 0) is 28.7 Å². The Balaban J connectivity index is 1.46. The first-order chi connectivity index (χ1) is 21.0. The molecule has 0 aromatic rings. The summed E-state index contributed by atoms with van der Waals surface area (Å²) in [7, 11) is 0. The van der Waals surface area contributed by atoms with Crippen LogP contribution >= 0.6 is 0 Å². The number of carbonyl (C=O) groups is 5. The van der Waals surface area contributed by atoms with Gasteiger partial charge in [-0.1, -0.05) is 25.2 Å². The maximum atomic E-state index is 13.0. The molecule has 3 aliphatic rings. The Labute approximate surface area is 258 Å². The second-order valence-electron chi connectivity index (χ2n) is 11.4. The van der Waals surface area contributed by atoms with Crippen molar-refractivity contribution in [2.45, 2.75) is 109 Å². The number of nitrogens with zero attached hydrogens (tertiary/aromatic N) is 2. The minimum atomic E-state index is -1.12. The third-order valence-electron chi connectivity index (χ3n) is 8.18. The minimum Gasteiger partial charge on any atom is -0.445 e. The van der Waals surface area contributed by atoms with Crippen molar-refractivity contribution < 1.29 is 43.7 Å². The molecule has 14 heteroatoms. The molecule has 3 fully saturated rings. The molecule has 3 saturated heterocycles. The Kier molecular flexibility index (Phi) is 13.2. The Morgan fingerprint density at radius 3 is 2.36 bits per heavy atom. The number of nitrogens with one attached hydrogen (secondary N) is 3. The molecule has 7 atom stereocenters. The lowest BCUT2D eigenvalue weighted by Crippen LogP contribution is -2.58. The highest BCUT2D eigenvalue weighted by molar-refractivity contribution is 5.94. The summed E-state index contributed by atoms with van der Waals surface area (Å²) in [4.78, 5) is 67.1.